The third-order valence-corrected chi connectivity index (χ3v) is 21.4. The van der Waals surface area contributed by atoms with Crippen molar-refractivity contribution in [1.82, 2.24) is 0 Å². The molecule has 3 rings (SSSR count). The van der Waals surface area contributed by atoms with Crippen LogP contribution in [-0.2, 0) is 18.4 Å². The fraction of sp³-hybridized carbons (Fsp3) is 0.718. The van der Waals surface area contributed by atoms with Crippen molar-refractivity contribution >= 4 is 22.6 Å². The highest BCUT2D eigenvalue weighted by Crippen LogP contribution is 2.59. The van der Waals surface area contributed by atoms with E-state index in [-0.39, 0.29) is 28.3 Å². The van der Waals surface area contributed by atoms with E-state index in [1.807, 2.05) is 6.08 Å². The molecule has 0 aromatic heterocycles. The van der Waals surface area contributed by atoms with Crippen LogP contribution in [0.5, 0.6) is 0 Å². The zero-order valence-corrected chi connectivity index (χ0v) is 33.1. The Morgan fingerprint density at radius 2 is 1.60 bits per heavy atom. The predicted molar refractivity (Wildman–Crippen MR) is 196 cm³/mol. The molecule has 0 unspecified atom stereocenters. The van der Waals surface area contributed by atoms with Crippen LogP contribution in [-0.4, -0.2) is 41.9 Å². The maximum atomic E-state index is 11.5. The molecule has 0 aliphatic heterocycles. The number of methoxy groups -OCH3 is 1. The average molecular weight is 655 g/mol. The lowest BCUT2D eigenvalue weighted by Gasteiger charge is -2.45. The standard InChI is InChI=1S/C39H66O4Si2/c1-28(18-15-16-20-36(40)41-10)33-23-24-34-30(19-17-25-39(33,34)9)21-22-31-26-32(42-44(11,12)37(3,4)5)27-35(29(31)2)43-45(13,14)38(6,7)8/h15-16,18,20-22,28,32-35H,2,17,19,23-27H2,1,3-14H3/b18-15+,20-16+,30-21-,31-22-/t28-,32-,33-,34+,35+,39-/m1/s1. The van der Waals surface area contributed by atoms with Crippen molar-refractivity contribution in [2.24, 2.45) is 23.2 Å². The van der Waals surface area contributed by atoms with Crippen molar-refractivity contribution in [3.05, 3.63) is 59.8 Å². The molecule has 4 nitrogen and oxygen atoms in total. The number of hydrogen-bond donors (Lipinski definition) is 0. The molecule has 0 aromatic carbocycles. The van der Waals surface area contributed by atoms with Gasteiger partial charge in [-0.3, -0.25) is 0 Å². The van der Waals surface area contributed by atoms with Crippen LogP contribution in [0.25, 0.3) is 0 Å². The molecular formula is C39H66O4Si2. The van der Waals surface area contributed by atoms with E-state index in [1.165, 1.54) is 50.9 Å². The molecule has 254 valence electrons. The van der Waals surface area contributed by atoms with Gasteiger partial charge in [0, 0.05) is 12.5 Å². The van der Waals surface area contributed by atoms with Crippen LogP contribution in [0.2, 0.25) is 36.3 Å². The van der Waals surface area contributed by atoms with Gasteiger partial charge in [0.15, 0.2) is 16.6 Å². The van der Waals surface area contributed by atoms with Crippen LogP contribution in [0.1, 0.15) is 100 Å². The first-order chi connectivity index (χ1) is 20.6. The van der Waals surface area contributed by atoms with E-state index in [9.17, 15) is 4.79 Å². The predicted octanol–water partition coefficient (Wildman–Crippen LogP) is 11.1. The van der Waals surface area contributed by atoms with Crippen molar-refractivity contribution < 1.29 is 18.4 Å². The van der Waals surface area contributed by atoms with Crippen LogP contribution in [0.3, 0.4) is 0 Å². The van der Waals surface area contributed by atoms with Gasteiger partial charge in [0.05, 0.1) is 19.3 Å². The summed E-state index contributed by atoms with van der Waals surface area (Å²) >= 11 is 0. The van der Waals surface area contributed by atoms with Crippen LogP contribution < -0.4 is 0 Å². The molecule has 3 aliphatic rings. The molecule has 0 N–H and O–H groups in total. The molecule has 0 radical (unpaired) electrons. The Morgan fingerprint density at radius 3 is 2.20 bits per heavy atom. The number of hydrogen-bond acceptors (Lipinski definition) is 4. The van der Waals surface area contributed by atoms with E-state index in [0.717, 1.165) is 18.4 Å². The van der Waals surface area contributed by atoms with Crippen molar-refractivity contribution in [1.29, 1.82) is 0 Å². The van der Waals surface area contributed by atoms with Crippen LogP contribution in [0, 0.1) is 23.2 Å². The SMILES string of the molecule is C=C1/C(=C\C=C2\CCC[C@]3(C)[C@@H]([C@H](C)/C=C/C=C/C(=O)OC)CC[C@@H]23)C[C@@H](O[Si](C)(C)C(C)(C)C)C[C@@H]1O[Si](C)(C)C(C)(C)C. The van der Waals surface area contributed by atoms with E-state index in [1.54, 1.807) is 11.6 Å². The summed E-state index contributed by atoms with van der Waals surface area (Å²) in [5.41, 5.74) is 4.39. The zero-order valence-electron chi connectivity index (χ0n) is 31.1. The minimum absolute atomic E-state index is 0.00686. The fourth-order valence-electron chi connectivity index (χ4n) is 7.48. The van der Waals surface area contributed by atoms with Gasteiger partial charge in [-0.2, -0.15) is 0 Å². The Labute approximate surface area is 279 Å². The maximum absolute atomic E-state index is 11.5. The maximum Gasteiger partial charge on any atom is 0.330 e. The monoisotopic (exact) mass is 654 g/mol. The van der Waals surface area contributed by atoms with E-state index in [2.05, 4.69) is 106 Å². The van der Waals surface area contributed by atoms with Gasteiger partial charge < -0.3 is 13.6 Å². The molecule has 0 heterocycles. The van der Waals surface area contributed by atoms with Gasteiger partial charge >= 0.3 is 5.97 Å². The topological polar surface area (TPSA) is 44.8 Å². The van der Waals surface area contributed by atoms with Crippen molar-refractivity contribution in [3.8, 4) is 0 Å². The average Bonchev–Trinajstić information content (AvgIpc) is 3.27. The first-order valence-electron chi connectivity index (χ1n) is 17.5. The molecule has 45 heavy (non-hydrogen) atoms. The first kappa shape index (κ1) is 38.0. The largest absolute Gasteiger partial charge is 0.466 e. The number of carbonyl (C=O) groups is 1. The van der Waals surface area contributed by atoms with Gasteiger partial charge in [-0.25, -0.2) is 4.79 Å². The molecule has 6 heteroatoms. The van der Waals surface area contributed by atoms with Gasteiger partial charge in [-0.15, -0.1) is 0 Å². The van der Waals surface area contributed by atoms with Gasteiger partial charge in [0.2, 0.25) is 0 Å². The molecule has 0 amide bonds. The number of carbonyl (C=O) groups excluding carboxylic acids is 1. The summed E-state index contributed by atoms with van der Waals surface area (Å²) in [5, 5.41) is 0.306. The normalized spacial score (nSPS) is 31.3. The minimum Gasteiger partial charge on any atom is -0.466 e. The summed E-state index contributed by atoms with van der Waals surface area (Å²) < 4.78 is 18.9. The summed E-state index contributed by atoms with van der Waals surface area (Å²) in [7, 11) is -2.52. The minimum atomic E-state index is -1.99. The first-order valence-corrected chi connectivity index (χ1v) is 23.3. The van der Waals surface area contributed by atoms with Crippen LogP contribution in [0.4, 0.5) is 0 Å². The lowest BCUT2D eigenvalue weighted by Crippen LogP contribution is -2.49. The van der Waals surface area contributed by atoms with E-state index in [0.29, 0.717) is 23.2 Å². The molecule has 3 fully saturated rings. The molecule has 0 spiro atoms. The number of allylic oxidation sites excluding steroid dienone is 6. The lowest BCUT2D eigenvalue weighted by atomic mass is 9.61. The van der Waals surface area contributed by atoms with Crippen molar-refractivity contribution in [3.63, 3.8) is 0 Å². The second-order valence-corrected chi connectivity index (χ2v) is 27.0. The quantitative estimate of drug-likeness (QED) is 0.107. The molecular weight excluding hydrogens is 589 g/mol. The fourth-order valence-corrected chi connectivity index (χ4v) is 10.2. The Kier molecular flexibility index (Phi) is 12.1. The Balaban J connectivity index is 1.88. The highest BCUT2D eigenvalue weighted by atomic mass is 28.4. The van der Waals surface area contributed by atoms with Crippen molar-refractivity contribution in [2.45, 2.75) is 149 Å². The third-order valence-electron chi connectivity index (χ3n) is 12.4. The second-order valence-electron chi connectivity index (χ2n) is 17.5. The molecule has 3 aliphatic carbocycles. The molecule has 0 bridgehead atoms. The molecule has 0 aromatic rings. The molecule has 3 saturated carbocycles. The molecule has 0 saturated heterocycles. The molecule has 6 atom stereocenters. The number of ether oxygens (including phenoxy) is 1. The van der Waals surface area contributed by atoms with E-state index >= 15 is 0 Å². The Morgan fingerprint density at radius 1 is 0.978 bits per heavy atom. The summed E-state index contributed by atoms with van der Waals surface area (Å²) in [6.07, 6.45) is 20.6. The van der Waals surface area contributed by atoms with Crippen LogP contribution in [0.15, 0.2) is 59.8 Å². The van der Waals surface area contributed by atoms with Gasteiger partial charge in [0.25, 0.3) is 0 Å². The highest BCUT2D eigenvalue weighted by molar-refractivity contribution is 6.74. The summed E-state index contributed by atoms with van der Waals surface area (Å²) in [4.78, 5) is 11.5. The second kappa shape index (κ2) is 14.3. The highest BCUT2D eigenvalue weighted by Gasteiger charge is 2.50. The Bertz CT molecular complexity index is 1190. The van der Waals surface area contributed by atoms with E-state index in [4.69, 9.17) is 13.6 Å². The smallest absolute Gasteiger partial charge is 0.330 e. The summed E-state index contributed by atoms with van der Waals surface area (Å²) in [6.45, 7) is 33.0. The van der Waals surface area contributed by atoms with Gasteiger partial charge in [0.1, 0.15) is 0 Å². The van der Waals surface area contributed by atoms with Crippen LogP contribution >= 0.6 is 0 Å². The zero-order chi connectivity index (χ0) is 34.0. The summed E-state index contributed by atoms with van der Waals surface area (Å²) in [5.74, 6) is 1.40. The number of esters is 1. The number of fused-ring (bicyclic) bond motifs is 1. The van der Waals surface area contributed by atoms with Gasteiger partial charge in [-0.05, 0) is 109 Å². The van der Waals surface area contributed by atoms with E-state index < -0.39 is 16.6 Å². The van der Waals surface area contributed by atoms with Gasteiger partial charge in [-0.1, -0.05) is 97.9 Å². The number of rotatable bonds is 9. The summed E-state index contributed by atoms with van der Waals surface area (Å²) in [6, 6.07) is 0. The van der Waals surface area contributed by atoms with Crippen molar-refractivity contribution in [2.75, 3.05) is 7.11 Å². The Hall–Kier alpha value is -1.48. The third kappa shape index (κ3) is 8.91. The lowest BCUT2D eigenvalue weighted by molar-refractivity contribution is -0.134.